The van der Waals surface area contributed by atoms with E-state index in [9.17, 15) is 4.79 Å². The average molecular weight is 156 g/mol. The number of hydrogen-bond donors (Lipinski definition) is 1. The van der Waals surface area contributed by atoms with Gasteiger partial charge in [0.05, 0.1) is 0 Å². The van der Waals surface area contributed by atoms with Crippen molar-refractivity contribution in [3.05, 3.63) is 18.0 Å². The lowest BCUT2D eigenvalue weighted by Gasteiger charge is -1.96. The molecule has 1 N–H and O–H groups in total. The lowest BCUT2D eigenvalue weighted by molar-refractivity contribution is 0.0683. The zero-order valence-electron chi connectivity index (χ0n) is 5.61. The molecule has 0 spiro atoms. The smallest absolute Gasteiger partial charge is 0.354 e. The molecular weight excluding hydrogens is 144 g/mol. The molecular formula is C7H12N2O2. The molecule has 0 saturated carbocycles. The maximum Gasteiger partial charge on any atom is 0.354 e. The van der Waals surface area contributed by atoms with E-state index in [1.165, 1.54) is 16.9 Å². The predicted molar refractivity (Wildman–Crippen MR) is 41.6 cm³/mol. The summed E-state index contributed by atoms with van der Waals surface area (Å²) in [6.45, 7) is 2.44. The molecule has 1 rings (SSSR count). The zero-order valence-corrected chi connectivity index (χ0v) is 5.61. The van der Waals surface area contributed by atoms with Crippen LogP contribution in [0.3, 0.4) is 0 Å². The molecule has 1 aromatic rings. The Labute approximate surface area is 65.5 Å². The van der Waals surface area contributed by atoms with Gasteiger partial charge in [0.15, 0.2) is 0 Å². The molecule has 0 aliphatic heterocycles. The van der Waals surface area contributed by atoms with E-state index in [1.54, 1.807) is 0 Å². The van der Waals surface area contributed by atoms with E-state index >= 15 is 0 Å². The van der Waals surface area contributed by atoms with Crippen molar-refractivity contribution in [2.45, 2.75) is 20.9 Å². The highest BCUT2D eigenvalue weighted by molar-refractivity contribution is 5.85. The van der Waals surface area contributed by atoms with Crippen LogP contribution in [0, 0.1) is 0 Å². The fourth-order valence-electron chi connectivity index (χ4n) is 0.766. The van der Waals surface area contributed by atoms with Gasteiger partial charge < -0.3 is 5.11 Å². The lowest BCUT2D eigenvalue weighted by Crippen LogP contribution is -2.07. The van der Waals surface area contributed by atoms with E-state index in [2.05, 4.69) is 5.10 Å². The number of carboxylic acid groups (broad SMARTS) is 1. The Hall–Kier alpha value is -1.32. The Morgan fingerprint density at radius 1 is 1.82 bits per heavy atom. The van der Waals surface area contributed by atoms with Crippen LogP contribution in [-0.4, -0.2) is 20.9 Å². The molecule has 0 radical (unpaired) electrons. The van der Waals surface area contributed by atoms with Crippen LogP contribution in [0.15, 0.2) is 12.3 Å². The number of nitrogens with zero attached hydrogens (tertiary/aromatic N) is 2. The molecule has 0 saturated heterocycles. The van der Waals surface area contributed by atoms with Crippen molar-refractivity contribution in [2.75, 3.05) is 0 Å². The summed E-state index contributed by atoms with van der Waals surface area (Å²) in [5.41, 5.74) is 0.238. The monoisotopic (exact) mass is 156 g/mol. The number of rotatable bonds is 2. The topological polar surface area (TPSA) is 55.1 Å². The Morgan fingerprint density at radius 2 is 2.45 bits per heavy atom. The largest absolute Gasteiger partial charge is 0.477 e. The summed E-state index contributed by atoms with van der Waals surface area (Å²) < 4.78 is 1.43. The third kappa shape index (κ3) is 1.80. The van der Waals surface area contributed by atoms with Gasteiger partial charge >= 0.3 is 5.97 Å². The minimum Gasteiger partial charge on any atom is -0.477 e. The van der Waals surface area contributed by atoms with Gasteiger partial charge in [-0.2, -0.15) is 5.10 Å². The number of carbonyl (C=O) groups is 1. The SMILES string of the molecule is C.CCn1nccc1C(=O)O. The first kappa shape index (κ1) is 9.68. The van der Waals surface area contributed by atoms with Gasteiger partial charge in [-0.25, -0.2) is 4.79 Å². The lowest BCUT2D eigenvalue weighted by atomic mass is 10.4. The first-order chi connectivity index (χ1) is 4.75. The molecule has 11 heavy (non-hydrogen) atoms. The van der Waals surface area contributed by atoms with Crippen LogP contribution in [0.4, 0.5) is 0 Å². The van der Waals surface area contributed by atoms with Crippen LogP contribution >= 0.6 is 0 Å². The van der Waals surface area contributed by atoms with Crippen molar-refractivity contribution < 1.29 is 9.90 Å². The summed E-state index contributed by atoms with van der Waals surface area (Å²) in [5.74, 6) is -0.931. The van der Waals surface area contributed by atoms with Crippen LogP contribution in [0.25, 0.3) is 0 Å². The van der Waals surface area contributed by atoms with Gasteiger partial charge in [0.1, 0.15) is 5.69 Å². The highest BCUT2D eigenvalue weighted by Crippen LogP contribution is 1.96. The number of hydrogen-bond acceptors (Lipinski definition) is 2. The Kier molecular flexibility index (Phi) is 3.30. The number of aromatic carboxylic acids is 1. The van der Waals surface area contributed by atoms with Crippen molar-refractivity contribution in [2.24, 2.45) is 0 Å². The first-order valence-corrected chi connectivity index (χ1v) is 3.00. The second kappa shape index (κ2) is 3.75. The standard InChI is InChI=1S/C6H8N2O2.CH4/c1-2-8-5(6(9)10)3-4-7-8;/h3-4H,2H2,1H3,(H,9,10);1H4. The van der Waals surface area contributed by atoms with E-state index in [1.807, 2.05) is 6.92 Å². The van der Waals surface area contributed by atoms with Crippen molar-refractivity contribution in [3.8, 4) is 0 Å². The van der Waals surface area contributed by atoms with Gasteiger partial charge in [0.2, 0.25) is 0 Å². The molecule has 62 valence electrons. The van der Waals surface area contributed by atoms with Gasteiger partial charge in [0, 0.05) is 12.7 Å². The van der Waals surface area contributed by atoms with Gasteiger partial charge in [-0.1, -0.05) is 7.43 Å². The van der Waals surface area contributed by atoms with E-state index in [-0.39, 0.29) is 13.1 Å². The number of aryl methyl sites for hydroxylation is 1. The number of carboxylic acids is 1. The minimum atomic E-state index is -0.931. The fourth-order valence-corrected chi connectivity index (χ4v) is 0.766. The molecule has 0 aliphatic rings. The van der Waals surface area contributed by atoms with E-state index < -0.39 is 5.97 Å². The summed E-state index contributed by atoms with van der Waals surface area (Å²) in [4.78, 5) is 10.4. The molecule has 0 bridgehead atoms. The Morgan fingerprint density at radius 3 is 2.82 bits per heavy atom. The van der Waals surface area contributed by atoms with Crippen LogP contribution in [0.1, 0.15) is 24.8 Å². The normalized spacial score (nSPS) is 8.82. The second-order valence-electron chi connectivity index (χ2n) is 1.84. The summed E-state index contributed by atoms with van der Waals surface area (Å²) in [6.07, 6.45) is 1.48. The van der Waals surface area contributed by atoms with E-state index in [0.29, 0.717) is 6.54 Å². The molecule has 4 nitrogen and oxygen atoms in total. The first-order valence-electron chi connectivity index (χ1n) is 3.00. The molecule has 4 heteroatoms. The Balaban J connectivity index is 0.000001000. The molecule has 0 unspecified atom stereocenters. The third-order valence-corrected chi connectivity index (χ3v) is 1.24. The van der Waals surface area contributed by atoms with E-state index in [4.69, 9.17) is 5.11 Å². The highest BCUT2D eigenvalue weighted by atomic mass is 16.4. The van der Waals surface area contributed by atoms with Gasteiger partial charge in [0.25, 0.3) is 0 Å². The van der Waals surface area contributed by atoms with Crippen LogP contribution in [0.2, 0.25) is 0 Å². The molecule has 1 aromatic heterocycles. The van der Waals surface area contributed by atoms with Crippen molar-refractivity contribution in [1.82, 2.24) is 9.78 Å². The Bertz CT molecular complexity index is 242. The molecule has 1 heterocycles. The minimum absolute atomic E-state index is 0. The third-order valence-electron chi connectivity index (χ3n) is 1.24. The zero-order chi connectivity index (χ0) is 7.56. The van der Waals surface area contributed by atoms with Crippen molar-refractivity contribution >= 4 is 5.97 Å². The number of aromatic nitrogens is 2. The van der Waals surface area contributed by atoms with Crippen LogP contribution < -0.4 is 0 Å². The van der Waals surface area contributed by atoms with Crippen molar-refractivity contribution in [1.29, 1.82) is 0 Å². The summed E-state index contributed by atoms with van der Waals surface area (Å²) in [6, 6.07) is 1.48. The van der Waals surface area contributed by atoms with Crippen LogP contribution in [-0.2, 0) is 6.54 Å². The summed E-state index contributed by atoms with van der Waals surface area (Å²) in [5, 5.41) is 12.3. The molecule has 0 aliphatic carbocycles. The molecule has 0 atom stereocenters. The molecule has 0 amide bonds. The van der Waals surface area contributed by atoms with E-state index in [0.717, 1.165) is 0 Å². The molecule has 0 fully saturated rings. The second-order valence-corrected chi connectivity index (χ2v) is 1.84. The fraction of sp³-hybridized carbons (Fsp3) is 0.429. The van der Waals surface area contributed by atoms with Gasteiger partial charge in [-0.05, 0) is 13.0 Å². The van der Waals surface area contributed by atoms with Gasteiger partial charge in [-0.3, -0.25) is 4.68 Å². The summed E-state index contributed by atoms with van der Waals surface area (Å²) in [7, 11) is 0. The predicted octanol–water partition coefficient (Wildman–Crippen LogP) is 1.24. The summed E-state index contributed by atoms with van der Waals surface area (Å²) >= 11 is 0. The van der Waals surface area contributed by atoms with Gasteiger partial charge in [-0.15, -0.1) is 0 Å². The quantitative estimate of drug-likeness (QED) is 0.700. The van der Waals surface area contributed by atoms with Crippen LogP contribution in [0.5, 0.6) is 0 Å². The molecule has 0 aromatic carbocycles. The maximum absolute atomic E-state index is 10.4. The van der Waals surface area contributed by atoms with Crippen molar-refractivity contribution in [3.63, 3.8) is 0 Å². The highest BCUT2D eigenvalue weighted by Gasteiger charge is 2.06. The average Bonchev–Trinajstić information content (AvgIpc) is 2.33. The maximum atomic E-state index is 10.4.